The smallest absolute Gasteiger partial charge is 0.261 e. The molecular weight excluding hydrogens is 317 g/mol. The van der Waals surface area contributed by atoms with Gasteiger partial charge in [0.1, 0.15) is 11.6 Å². The van der Waals surface area contributed by atoms with Crippen LogP contribution >= 0.6 is 12.4 Å². The van der Waals surface area contributed by atoms with Gasteiger partial charge in [-0.15, -0.1) is 12.4 Å². The molecule has 2 amide bonds. The molecule has 1 aliphatic rings. The predicted molar refractivity (Wildman–Crippen MR) is 72.2 cm³/mol. The van der Waals surface area contributed by atoms with E-state index < -0.39 is 17.4 Å². The maximum absolute atomic E-state index is 12.2. The zero-order valence-corrected chi connectivity index (χ0v) is 12.9. The lowest BCUT2D eigenvalue weighted by molar-refractivity contribution is -0.701. The first-order chi connectivity index (χ1) is 8.98. The fraction of sp³-hybridized carbons (Fsp3) is 0.308. The number of amides is 2. The molecule has 8 heteroatoms. The van der Waals surface area contributed by atoms with E-state index in [1.165, 1.54) is 6.92 Å². The average molecular weight is 332 g/mol. The minimum Gasteiger partial charge on any atom is -1.00 e. The van der Waals surface area contributed by atoms with E-state index in [9.17, 15) is 14.4 Å². The number of rotatable bonds is 2. The summed E-state index contributed by atoms with van der Waals surface area (Å²) in [4.78, 5) is 35.3. The van der Waals surface area contributed by atoms with Crippen molar-refractivity contribution in [1.82, 2.24) is 4.90 Å². The summed E-state index contributed by atoms with van der Waals surface area (Å²) in [5.74, 6) is 0.548. The lowest BCUT2D eigenvalue weighted by Crippen LogP contribution is -3.00. The molecule has 0 aromatic carbocycles. The van der Waals surface area contributed by atoms with Crippen LogP contribution in [0, 0.1) is 0 Å². The second-order valence-corrected chi connectivity index (χ2v) is 4.59. The first-order valence-electron chi connectivity index (χ1n) is 5.80. The highest BCUT2D eigenvalue weighted by molar-refractivity contribution is 6.05. The molecule has 0 saturated carbocycles. The summed E-state index contributed by atoms with van der Waals surface area (Å²) < 4.78 is 1.74. The Hall–Kier alpha value is -1.72. The Morgan fingerprint density at radius 2 is 2.00 bits per heavy atom. The van der Waals surface area contributed by atoms with Crippen LogP contribution in [0.1, 0.15) is 13.3 Å². The second-order valence-electron chi connectivity index (χ2n) is 4.59. The molecule has 6 nitrogen and oxygen atoms in total. The quantitative estimate of drug-likeness (QED) is 0.452. The highest BCUT2D eigenvalue weighted by Crippen LogP contribution is 2.28. The maximum Gasteiger partial charge on any atom is 0.261 e. The molecule has 0 spiro atoms. The number of nitrogens with two attached hydrogens (primary N) is 1. The number of likely N-dealkylation sites (tertiary alicyclic amines) is 1. The zero-order chi connectivity index (χ0) is 14.0. The number of carbonyl (C=O) groups excluding carboxylic acids is 3. The first kappa shape index (κ1) is 19.3. The highest BCUT2D eigenvalue weighted by atomic mass is 35.5. The van der Waals surface area contributed by atoms with Crippen LogP contribution in [-0.2, 0) is 20.9 Å². The molecule has 2 N–H and O–H groups in total. The van der Waals surface area contributed by atoms with Crippen LogP contribution in [0.3, 0.4) is 0 Å². The van der Waals surface area contributed by atoms with Gasteiger partial charge in [0, 0.05) is 25.5 Å². The van der Waals surface area contributed by atoms with Crippen molar-refractivity contribution < 1.29 is 31.4 Å². The third kappa shape index (κ3) is 3.68. The number of imide groups is 1. The van der Waals surface area contributed by atoms with Gasteiger partial charge >= 0.3 is 0 Å². The topological polar surface area (TPSA) is 84.3 Å². The molecule has 1 unspecified atom stereocenters. The van der Waals surface area contributed by atoms with Crippen LogP contribution in [0.15, 0.2) is 36.3 Å². The van der Waals surface area contributed by atoms with Crippen molar-refractivity contribution in [2.24, 2.45) is 5.73 Å². The van der Waals surface area contributed by atoms with E-state index >= 15 is 0 Å². The number of hydrogen-bond acceptors (Lipinski definition) is 4. The summed E-state index contributed by atoms with van der Waals surface area (Å²) in [5.41, 5.74) is 4.77. The van der Waals surface area contributed by atoms with Crippen LogP contribution in [0.5, 0.6) is 0 Å². The number of aromatic nitrogens is 1. The Bertz CT molecular complexity index is 588. The summed E-state index contributed by atoms with van der Waals surface area (Å²) in [7, 11) is 0. The monoisotopic (exact) mass is 331 g/mol. The summed E-state index contributed by atoms with van der Waals surface area (Å²) in [6.07, 6.45) is 3.54. The lowest BCUT2D eigenvalue weighted by atomic mass is 9.98. The fourth-order valence-electron chi connectivity index (χ4n) is 2.20. The van der Waals surface area contributed by atoms with Gasteiger partial charge in [0.2, 0.25) is 5.91 Å². The molecule has 1 aromatic rings. The molecule has 114 valence electrons. The molecule has 0 bridgehead atoms. The lowest BCUT2D eigenvalue weighted by Gasteiger charge is -2.17. The number of halogens is 2. The molecular formula is C13H15Cl2N3O3. The largest absolute Gasteiger partial charge is 1.00 e. The number of pyridine rings is 1. The standard InChI is InChI=1S/C13H14N3O3.2ClH/c1-10(18)16-11(8-17)7-13(14,12(16)19)9-15-5-3-2-4-6-15;;/h2-6H,7,9,14H2,1H3;2*1H/q+1;;/p-1. The van der Waals surface area contributed by atoms with Crippen molar-refractivity contribution in [3.05, 3.63) is 36.3 Å². The fourth-order valence-corrected chi connectivity index (χ4v) is 2.20. The van der Waals surface area contributed by atoms with E-state index in [0.717, 1.165) is 4.90 Å². The maximum atomic E-state index is 12.2. The van der Waals surface area contributed by atoms with Gasteiger partial charge in [0.25, 0.3) is 5.91 Å². The van der Waals surface area contributed by atoms with Crippen molar-refractivity contribution in [2.75, 3.05) is 0 Å². The summed E-state index contributed by atoms with van der Waals surface area (Å²) >= 11 is 0. The van der Waals surface area contributed by atoms with Crippen molar-refractivity contribution in [3.8, 4) is 0 Å². The predicted octanol–water partition coefficient (Wildman–Crippen LogP) is -3.41. The molecule has 2 heterocycles. The van der Waals surface area contributed by atoms with Crippen molar-refractivity contribution in [1.29, 1.82) is 0 Å². The normalized spacial score (nSPS) is 20.4. The molecule has 2 rings (SSSR count). The Morgan fingerprint density at radius 3 is 2.43 bits per heavy atom. The molecule has 0 radical (unpaired) electrons. The van der Waals surface area contributed by atoms with Crippen LogP contribution < -0.4 is 22.7 Å². The third-order valence-corrected chi connectivity index (χ3v) is 3.06. The molecule has 1 atom stereocenters. The Balaban J connectivity index is 0.00000200. The van der Waals surface area contributed by atoms with E-state index in [2.05, 4.69) is 0 Å². The summed E-state index contributed by atoms with van der Waals surface area (Å²) in [6, 6.07) is 5.46. The number of carbonyl (C=O) groups is 2. The summed E-state index contributed by atoms with van der Waals surface area (Å²) in [6.45, 7) is 1.41. The van der Waals surface area contributed by atoms with Gasteiger partial charge in [-0.3, -0.25) is 9.59 Å². The van der Waals surface area contributed by atoms with Gasteiger partial charge in [-0.05, 0) is 0 Å². The van der Waals surface area contributed by atoms with Gasteiger partial charge < -0.3 is 18.1 Å². The average Bonchev–Trinajstić information content (AvgIpc) is 2.62. The molecule has 1 aromatic heterocycles. The van der Waals surface area contributed by atoms with Crippen LogP contribution in [0.25, 0.3) is 0 Å². The van der Waals surface area contributed by atoms with Gasteiger partial charge in [-0.25, -0.2) is 14.3 Å². The van der Waals surface area contributed by atoms with Gasteiger partial charge in [-0.2, -0.15) is 0 Å². The molecule has 1 aliphatic heterocycles. The first-order valence-corrected chi connectivity index (χ1v) is 5.80. The van der Waals surface area contributed by atoms with Crippen molar-refractivity contribution >= 4 is 30.2 Å². The van der Waals surface area contributed by atoms with Crippen LogP contribution in [0.4, 0.5) is 0 Å². The minimum atomic E-state index is -1.29. The zero-order valence-electron chi connectivity index (χ0n) is 11.3. The van der Waals surface area contributed by atoms with E-state index in [0.29, 0.717) is 0 Å². The summed E-state index contributed by atoms with van der Waals surface area (Å²) in [5, 5.41) is 0. The van der Waals surface area contributed by atoms with Gasteiger partial charge in [0.15, 0.2) is 24.5 Å². The van der Waals surface area contributed by atoms with Crippen LogP contribution in [0.2, 0.25) is 0 Å². The minimum absolute atomic E-state index is 0. The molecule has 1 fully saturated rings. The molecule has 0 aliphatic carbocycles. The second kappa shape index (κ2) is 7.33. The Morgan fingerprint density at radius 1 is 1.43 bits per heavy atom. The van der Waals surface area contributed by atoms with E-state index in [-0.39, 0.29) is 43.5 Å². The molecule has 21 heavy (non-hydrogen) atoms. The van der Waals surface area contributed by atoms with Gasteiger partial charge in [0.05, 0.1) is 0 Å². The van der Waals surface area contributed by atoms with Crippen molar-refractivity contribution in [2.45, 2.75) is 25.4 Å². The van der Waals surface area contributed by atoms with E-state index in [4.69, 9.17) is 5.73 Å². The van der Waals surface area contributed by atoms with E-state index in [1.807, 2.05) is 18.2 Å². The Kier molecular flexibility index (Phi) is 6.73. The van der Waals surface area contributed by atoms with Gasteiger partial charge in [-0.1, -0.05) is 6.07 Å². The third-order valence-electron chi connectivity index (χ3n) is 3.06. The van der Waals surface area contributed by atoms with Crippen molar-refractivity contribution in [3.63, 3.8) is 0 Å². The highest BCUT2D eigenvalue weighted by Gasteiger charge is 2.51. The number of hydrogen-bond donors (Lipinski definition) is 1. The SMILES string of the molecule is CC(=O)N1C(=O)C(N)(C[n+]2ccccc2)CC1=C=O.Cl.[Cl-]. The van der Waals surface area contributed by atoms with Crippen LogP contribution in [-0.4, -0.2) is 28.2 Å². The Labute approximate surface area is 134 Å². The molecule has 1 saturated heterocycles. The number of nitrogens with zero attached hydrogens (tertiary/aromatic N) is 2. The van der Waals surface area contributed by atoms with E-state index in [1.54, 1.807) is 22.9 Å².